The summed E-state index contributed by atoms with van der Waals surface area (Å²) < 4.78 is 36.1. The van der Waals surface area contributed by atoms with Crippen LogP contribution in [-0.4, -0.2) is 56.5 Å². The number of esters is 1. The molecule has 1 aromatic heterocycles. The zero-order valence-electron chi connectivity index (χ0n) is 22.6. The van der Waals surface area contributed by atoms with E-state index in [0.29, 0.717) is 45.1 Å². The third-order valence-corrected chi connectivity index (χ3v) is 9.19. The van der Waals surface area contributed by atoms with Crippen molar-refractivity contribution >= 4 is 32.8 Å². The van der Waals surface area contributed by atoms with Gasteiger partial charge in [-0.3, -0.25) is 9.59 Å². The zero-order chi connectivity index (χ0) is 27.4. The minimum absolute atomic E-state index is 0.0271. The van der Waals surface area contributed by atoms with Gasteiger partial charge in [0.05, 0.1) is 12.0 Å². The van der Waals surface area contributed by atoms with Gasteiger partial charge in [0.25, 0.3) is 0 Å². The fourth-order valence-corrected chi connectivity index (χ4v) is 6.48. The number of benzene rings is 2. The highest BCUT2D eigenvalue weighted by Gasteiger charge is 2.30. The van der Waals surface area contributed by atoms with Crippen LogP contribution in [0.1, 0.15) is 44.6 Å². The number of nitrogens with zero attached hydrogens (tertiary/aromatic N) is 2. The highest BCUT2D eigenvalue weighted by Crippen LogP contribution is 2.31. The Bertz CT molecular complexity index is 1400. The molecule has 0 bridgehead atoms. The lowest BCUT2D eigenvalue weighted by molar-refractivity contribution is -0.140. The fourth-order valence-electron chi connectivity index (χ4n) is 5.16. The van der Waals surface area contributed by atoms with E-state index in [1.165, 1.54) is 7.11 Å². The summed E-state index contributed by atoms with van der Waals surface area (Å²) >= 11 is 0. The molecule has 38 heavy (non-hydrogen) atoms. The number of hydrogen-bond acceptors (Lipinski definition) is 5. The average molecular weight is 540 g/mol. The molecule has 1 N–H and O–H groups in total. The van der Waals surface area contributed by atoms with Crippen LogP contribution >= 0.6 is 0 Å². The van der Waals surface area contributed by atoms with Crippen molar-refractivity contribution in [3.05, 3.63) is 54.1 Å². The maximum absolute atomic E-state index is 13.2. The molecule has 4 rings (SSSR count). The van der Waals surface area contributed by atoms with Crippen molar-refractivity contribution in [1.29, 1.82) is 0 Å². The Kier molecular flexibility index (Phi) is 8.57. The van der Waals surface area contributed by atoms with Crippen molar-refractivity contribution < 1.29 is 22.7 Å². The average Bonchev–Trinajstić information content (AvgIpc) is 3.26. The van der Waals surface area contributed by atoms with Crippen LogP contribution in [0.3, 0.4) is 0 Å². The Morgan fingerprint density at radius 3 is 2.37 bits per heavy atom. The molecule has 0 radical (unpaired) electrons. The van der Waals surface area contributed by atoms with Gasteiger partial charge in [0.2, 0.25) is 15.9 Å². The molecule has 0 saturated heterocycles. The van der Waals surface area contributed by atoms with Gasteiger partial charge in [0.15, 0.2) is 0 Å². The summed E-state index contributed by atoms with van der Waals surface area (Å²) in [5, 5.41) is 0.954. The second-order valence-corrected chi connectivity index (χ2v) is 11.8. The van der Waals surface area contributed by atoms with Crippen molar-refractivity contribution in [1.82, 2.24) is 14.2 Å². The lowest BCUT2D eigenvalue weighted by atomic mass is 9.85. The molecule has 0 unspecified atom stereocenters. The molecule has 0 spiro atoms. The number of ether oxygens (including phenoxy) is 1. The van der Waals surface area contributed by atoms with Gasteiger partial charge in [-0.1, -0.05) is 30.3 Å². The number of sulfonamides is 1. The SMILES string of the molecule is CCN(C)C(=O)[C@H]1CC[C@H](NS(=O)(=O)c2ccc3cc(-c4ccc(CCC(=O)OC)cc4)n(C)c3c2)CC1. The van der Waals surface area contributed by atoms with Crippen LogP contribution in [0.5, 0.6) is 0 Å². The topological polar surface area (TPSA) is 97.7 Å². The van der Waals surface area contributed by atoms with Gasteiger partial charge in [-0.25, -0.2) is 13.1 Å². The smallest absolute Gasteiger partial charge is 0.305 e. The summed E-state index contributed by atoms with van der Waals surface area (Å²) in [6.45, 7) is 2.63. The standard InChI is InChI=1S/C29H37N3O5S/c1-5-31(2)29(34)22-11-14-24(15-12-22)30-38(35,36)25-16-13-23-18-26(32(3)27(23)19-25)21-9-6-20(7-10-21)8-17-28(33)37-4/h6-7,9-10,13,16,18-19,22,24,30H,5,8,11-12,14-15,17H2,1-4H3/t22-,24-. The summed E-state index contributed by atoms with van der Waals surface area (Å²) in [6, 6.07) is 15.1. The first kappa shape index (κ1) is 27.9. The molecule has 9 heteroatoms. The Morgan fingerprint density at radius 1 is 1.05 bits per heavy atom. The summed E-state index contributed by atoms with van der Waals surface area (Å²) in [7, 11) is 1.43. The van der Waals surface area contributed by atoms with E-state index in [2.05, 4.69) is 4.72 Å². The molecule has 1 fully saturated rings. The van der Waals surface area contributed by atoms with E-state index in [1.54, 1.807) is 17.0 Å². The van der Waals surface area contributed by atoms with Crippen LogP contribution in [0.2, 0.25) is 0 Å². The van der Waals surface area contributed by atoms with Crippen molar-refractivity contribution in [3.63, 3.8) is 0 Å². The van der Waals surface area contributed by atoms with Crippen LogP contribution in [0.15, 0.2) is 53.4 Å². The maximum atomic E-state index is 13.2. The minimum Gasteiger partial charge on any atom is -0.469 e. The molecular weight excluding hydrogens is 502 g/mol. The van der Waals surface area contributed by atoms with Gasteiger partial charge >= 0.3 is 5.97 Å². The van der Waals surface area contributed by atoms with Gasteiger partial charge in [-0.05, 0) is 68.4 Å². The minimum atomic E-state index is -3.70. The van der Waals surface area contributed by atoms with Crippen LogP contribution in [0.4, 0.5) is 0 Å². The number of aryl methyl sites for hydroxylation is 2. The number of amides is 1. The molecule has 1 amide bonds. The quantitative estimate of drug-likeness (QED) is 0.410. The van der Waals surface area contributed by atoms with E-state index < -0.39 is 10.0 Å². The van der Waals surface area contributed by atoms with E-state index >= 15 is 0 Å². The van der Waals surface area contributed by atoms with Crippen LogP contribution < -0.4 is 4.72 Å². The maximum Gasteiger partial charge on any atom is 0.305 e. The van der Waals surface area contributed by atoms with E-state index in [-0.39, 0.29) is 28.7 Å². The molecule has 2 aromatic carbocycles. The van der Waals surface area contributed by atoms with Gasteiger partial charge in [-0.2, -0.15) is 0 Å². The normalized spacial score (nSPS) is 17.9. The number of fused-ring (bicyclic) bond motifs is 1. The zero-order valence-corrected chi connectivity index (χ0v) is 23.4. The molecule has 204 valence electrons. The van der Waals surface area contributed by atoms with Crippen molar-refractivity contribution in [3.8, 4) is 11.3 Å². The highest BCUT2D eigenvalue weighted by molar-refractivity contribution is 7.89. The summed E-state index contributed by atoms with van der Waals surface area (Å²) in [6.07, 6.45) is 3.64. The fraction of sp³-hybridized carbons (Fsp3) is 0.448. The lowest BCUT2D eigenvalue weighted by Gasteiger charge is -2.30. The van der Waals surface area contributed by atoms with Crippen LogP contribution in [-0.2, 0) is 37.8 Å². The number of carbonyl (C=O) groups is 2. The first-order chi connectivity index (χ1) is 18.1. The van der Waals surface area contributed by atoms with Crippen LogP contribution in [0, 0.1) is 5.92 Å². The molecule has 0 aliphatic heterocycles. The summed E-state index contributed by atoms with van der Waals surface area (Å²) in [5.41, 5.74) is 3.86. The molecule has 1 aliphatic rings. The van der Waals surface area contributed by atoms with E-state index in [1.807, 2.05) is 62.0 Å². The highest BCUT2D eigenvalue weighted by atomic mass is 32.2. The Morgan fingerprint density at radius 2 is 1.74 bits per heavy atom. The number of methoxy groups -OCH3 is 1. The Labute approximate surface area is 225 Å². The number of nitrogens with one attached hydrogen (secondary N) is 1. The predicted molar refractivity (Wildman–Crippen MR) is 148 cm³/mol. The van der Waals surface area contributed by atoms with Crippen molar-refractivity contribution in [2.24, 2.45) is 13.0 Å². The Hall–Kier alpha value is -3.17. The second-order valence-electron chi connectivity index (χ2n) is 10.1. The number of hydrogen-bond donors (Lipinski definition) is 1. The molecule has 0 atom stereocenters. The van der Waals surface area contributed by atoms with Gasteiger partial charge in [0, 0.05) is 55.6 Å². The number of rotatable bonds is 9. The molecule has 3 aromatic rings. The van der Waals surface area contributed by atoms with E-state index in [0.717, 1.165) is 27.7 Å². The predicted octanol–water partition coefficient (Wildman–Crippen LogP) is 4.27. The van der Waals surface area contributed by atoms with Gasteiger partial charge in [0.1, 0.15) is 0 Å². The molecular formula is C29H37N3O5S. The van der Waals surface area contributed by atoms with Crippen molar-refractivity contribution in [2.45, 2.75) is 56.4 Å². The second kappa shape index (κ2) is 11.7. The molecule has 1 aliphatic carbocycles. The summed E-state index contributed by atoms with van der Waals surface area (Å²) in [4.78, 5) is 25.8. The Balaban J connectivity index is 1.46. The summed E-state index contributed by atoms with van der Waals surface area (Å²) in [5.74, 6) is -0.110. The lowest BCUT2D eigenvalue weighted by Crippen LogP contribution is -2.41. The van der Waals surface area contributed by atoms with E-state index in [9.17, 15) is 18.0 Å². The van der Waals surface area contributed by atoms with Crippen LogP contribution in [0.25, 0.3) is 22.2 Å². The number of aromatic nitrogens is 1. The first-order valence-corrected chi connectivity index (χ1v) is 14.6. The first-order valence-electron chi connectivity index (χ1n) is 13.2. The molecule has 1 saturated carbocycles. The largest absolute Gasteiger partial charge is 0.469 e. The number of carbonyl (C=O) groups excluding carboxylic acids is 2. The third kappa shape index (κ3) is 6.10. The van der Waals surface area contributed by atoms with Crippen molar-refractivity contribution in [2.75, 3.05) is 20.7 Å². The molecule has 8 nitrogen and oxygen atoms in total. The van der Waals surface area contributed by atoms with Gasteiger partial charge < -0.3 is 14.2 Å². The third-order valence-electron chi connectivity index (χ3n) is 7.67. The monoisotopic (exact) mass is 539 g/mol. The van der Waals surface area contributed by atoms with E-state index in [4.69, 9.17) is 4.74 Å². The molecule has 1 heterocycles. The van der Waals surface area contributed by atoms with Gasteiger partial charge in [-0.15, -0.1) is 0 Å².